The number of benzene rings is 1. The molecule has 27 heavy (non-hydrogen) atoms. The highest BCUT2D eigenvalue weighted by Crippen LogP contribution is 2.30. The molecule has 1 aliphatic carbocycles. The number of hydrogen-bond acceptors (Lipinski definition) is 3. The SMILES string of the molecule is CCCCCCCC1CCC(OC(=O)c2ccc(/C=C/C(=O)O)cc2)CC1. The molecule has 0 aromatic heterocycles. The molecule has 148 valence electrons. The van der Waals surface area contributed by atoms with Gasteiger partial charge in [-0.2, -0.15) is 0 Å². The average molecular weight is 373 g/mol. The summed E-state index contributed by atoms with van der Waals surface area (Å²) < 4.78 is 5.67. The molecule has 2 rings (SSSR count). The van der Waals surface area contributed by atoms with Crippen LogP contribution in [-0.2, 0) is 9.53 Å². The van der Waals surface area contributed by atoms with Crippen molar-refractivity contribution in [3.05, 3.63) is 41.5 Å². The lowest BCUT2D eigenvalue weighted by Gasteiger charge is -2.28. The van der Waals surface area contributed by atoms with Crippen LogP contribution in [0.4, 0.5) is 0 Å². The summed E-state index contributed by atoms with van der Waals surface area (Å²) in [5.74, 6) is -0.483. The number of carboxylic acids is 1. The topological polar surface area (TPSA) is 63.6 Å². The molecule has 0 unspecified atom stereocenters. The van der Waals surface area contributed by atoms with E-state index in [9.17, 15) is 9.59 Å². The summed E-state index contributed by atoms with van der Waals surface area (Å²) in [6.07, 6.45) is 14.8. The first-order chi connectivity index (χ1) is 13.1. The first-order valence-electron chi connectivity index (χ1n) is 10.3. The number of unbranched alkanes of at least 4 members (excludes halogenated alkanes) is 4. The number of rotatable bonds is 10. The highest BCUT2D eigenvalue weighted by atomic mass is 16.5. The van der Waals surface area contributed by atoms with E-state index >= 15 is 0 Å². The molecule has 1 aromatic carbocycles. The number of carbonyl (C=O) groups excluding carboxylic acids is 1. The molecule has 0 heterocycles. The summed E-state index contributed by atoms with van der Waals surface area (Å²) in [5.41, 5.74) is 1.26. The van der Waals surface area contributed by atoms with Crippen molar-refractivity contribution in [2.75, 3.05) is 0 Å². The Balaban J connectivity index is 1.70. The van der Waals surface area contributed by atoms with E-state index in [0.717, 1.165) is 43.2 Å². The van der Waals surface area contributed by atoms with E-state index < -0.39 is 5.97 Å². The largest absolute Gasteiger partial charge is 0.478 e. The lowest BCUT2D eigenvalue weighted by Crippen LogP contribution is -2.24. The van der Waals surface area contributed by atoms with Crippen molar-refractivity contribution >= 4 is 18.0 Å². The predicted molar refractivity (Wildman–Crippen MR) is 108 cm³/mol. The number of hydrogen-bond donors (Lipinski definition) is 1. The fourth-order valence-corrected chi connectivity index (χ4v) is 3.69. The van der Waals surface area contributed by atoms with Crippen LogP contribution in [0.3, 0.4) is 0 Å². The monoisotopic (exact) mass is 372 g/mol. The van der Waals surface area contributed by atoms with Crippen LogP contribution < -0.4 is 0 Å². The van der Waals surface area contributed by atoms with Crippen molar-refractivity contribution in [1.29, 1.82) is 0 Å². The van der Waals surface area contributed by atoms with Gasteiger partial charge in [-0.3, -0.25) is 0 Å². The zero-order valence-electron chi connectivity index (χ0n) is 16.4. The Bertz CT molecular complexity index is 610. The molecule has 1 N–H and O–H groups in total. The number of ether oxygens (including phenoxy) is 1. The first kappa shape index (κ1) is 21.2. The molecule has 1 saturated carbocycles. The second kappa shape index (κ2) is 11.6. The molecule has 1 aliphatic rings. The van der Waals surface area contributed by atoms with Gasteiger partial charge in [0.05, 0.1) is 5.56 Å². The van der Waals surface area contributed by atoms with Gasteiger partial charge >= 0.3 is 11.9 Å². The van der Waals surface area contributed by atoms with E-state index in [1.165, 1.54) is 44.6 Å². The van der Waals surface area contributed by atoms with Crippen LogP contribution in [0.25, 0.3) is 6.08 Å². The third kappa shape index (κ3) is 7.98. The smallest absolute Gasteiger partial charge is 0.338 e. The van der Waals surface area contributed by atoms with Gasteiger partial charge in [-0.05, 0) is 55.4 Å². The third-order valence-corrected chi connectivity index (χ3v) is 5.35. The van der Waals surface area contributed by atoms with Gasteiger partial charge in [-0.1, -0.05) is 57.6 Å². The van der Waals surface area contributed by atoms with Gasteiger partial charge in [-0.15, -0.1) is 0 Å². The van der Waals surface area contributed by atoms with E-state index in [1.54, 1.807) is 24.3 Å². The van der Waals surface area contributed by atoms with Crippen molar-refractivity contribution < 1.29 is 19.4 Å². The van der Waals surface area contributed by atoms with Crippen LogP contribution in [-0.4, -0.2) is 23.1 Å². The van der Waals surface area contributed by atoms with Crippen molar-refractivity contribution in [3.8, 4) is 0 Å². The van der Waals surface area contributed by atoms with Gasteiger partial charge in [0, 0.05) is 6.08 Å². The minimum Gasteiger partial charge on any atom is -0.478 e. The maximum absolute atomic E-state index is 12.3. The minimum absolute atomic E-state index is 0.0282. The lowest BCUT2D eigenvalue weighted by atomic mass is 9.84. The van der Waals surface area contributed by atoms with Crippen molar-refractivity contribution in [3.63, 3.8) is 0 Å². The molecule has 0 bridgehead atoms. The summed E-state index contributed by atoms with van der Waals surface area (Å²) in [6.45, 7) is 2.24. The molecule has 1 aromatic rings. The average Bonchev–Trinajstić information content (AvgIpc) is 2.68. The Hall–Kier alpha value is -2.10. The van der Waals surface area contributed by atoms with Gasteiger partial charge < -0.3 is 9.84 Å². The fourth-order valence-electron chi connectivity index (χ4n) is 3.69. The molecule has 4 nitrogen and oxygen atoms in total. The Morgan fingerprint density at radius 3 is 2.33 bits per heavy atom. The molecule has 0 amide bonds. The zero-order chi connectivity index (χ0) is 19.5. The molecule has 0 aliphatic heterocycles. The Morgan fingerprint density at radius 1 is 1.04 bits per heavy atom. The summed E-state index contributed by atoms with van der Waals surface area (Å²) >= 11 is 0. The maximum Gasteiger partial charge on any atom is 0.338 e. The van der Waals surface area contributed by atoms with E-state index in [2.05, 4.69) is 6.92 Å². The van der Waals surface area contributed by atoms with Gasteiger partial charge in [0.2, 0.25) is 0 Å². The fraction of sp³-hybridized carbons (Fsp3) is 0.565. The van der Waals surface area contributed by atoms with E-state index in [0.29, 0.717) is 5.56 Å². The molecule has 0 atom stereocenters. The van der Waals surface area contributed by atoms with Gasteiger partial charge in [0.1, 0.15) is 6.10 Å². The Labute approximate surface area is 162 Å². The third-order valence-electron chi connectivity index (χ3n) is 5.35. The zero-order valence-corrected chi connectivity index (χ0v) is 16.4. The summed E-state index contributed by atoms with van der Waals surface area (Å²) in [6, 6.07) is 6.83. The van der Waals surface area contributed by atoms with Gasteiger partial charge in [0.15, 0.2) is 0 Å². The van der Waals surface area contributed by atoms with Crippen LogP contribution in [0, 0.1) is 5.92 Å². The molecule has 4 heteroatoms. The summed E-state index contributed by atoms with van der Waals surface area (Å²) in [7, 11) is 0. The number of aliphatic carboxylic acids is 1. The van der Waals surface area contributed by atoms with E-state index in [4.69, 9.17) is 9.84 Å². The molecule has 0 radical (unpaired) electrons. The van der Waals surface area contributed by atoms with Crippen molar-refractivity contribution in [2.45, 2.75) is 77.2 Å². The number of carboxylic acid groups (broad SMARTS) is 1. The van der Waals surface area contributed by atoms with Crippen molar-refractivity contribution in [2.24, 2.45) is 5.92 Å². The standard InChI is InChI=1S/C23H32O4/c1-2-3-4-5-6-7-18-10-15-21(16-11-18)27-23(26)20-13-8-19(9-14-20)12-17-22(24)25/h8-9,12-14,17-18,21H,2-7,10-11,15-16H2,1H3,(H,24,25)/b17-12+. The molecule has 1 fully saturated rings. The molecule has 0 saturated heterocycles. The van der Waals surface area contributed by atoms with E-state index in [1.807, 2.05) is 0 Å². The highest BCUT2D eigenvalue weighted by molar-refractivity contribution is 5.90. The molecular weight excluding hydrogens is 340 g/mol. The maximum atomic E-state index is 12.3. The normalized spacial score (nSPS) is 19.9. The van der Waals surface area contributed by atoms with Crippen molar-refractivity contribution in [1.82, 2.24) is 0 Å². The Morgan fingerprint density at radius 2 is 1.70 bits per heavy atom. The number of carbonyl (C=O) groups is 2. The highest BCUT2D eigenvalue weighted by Gasteiger charge is 2.24. The predicted octanol–water partition coefficient (Wildman–Crippen LogP) is 5.86. The van der Waals surface area contributed by atoms with Crippen LogP contribution >= 0.6 is 0 Å². The number of esters is 1. The lowest BCUT2D eigenvalue weighted by molar-refractivity contribution is -0.131. The Kier molecular flexibility index (Phi) is 9.09. The second-order valence-electron chi connectivity index (χ2n) is 7.54. The van der Waals surface area contributed by atoms with Crippen LogP contribution in [0.5, 0.6) is 0 Å². The summed E-state index contributed by atoms with van der Waals surface area (Å²) in [4.78, 5) is 22.8. The van der Waals surface area contributed by atoms with Crippen LogP contribution in [0.1, 0.15) is 87.1 Å². The quantitative estimate of drug-likeness (QED) is 0.317. The molecular formula is C23H32O4. The van der Waals surface area contributed by atoms with Gasteiger partial charge in [0.25, 0.3) is 0 Å². The van der Waals surface area contributed by atoms with Crippen LogP contribution in [0.15, 0.2) is 30.3 Å². The molecule has 0 spiro atoms. The minimum atomic E-state index is -0.991. The van der Waals surface area contributed by atoms with E-state index in [-0.39, 0.29) is 12.1 Å². The van der Waals surface area contributed by atoms with Gasteiger partial charge in [-0.25, -0.2) is 9.59 Å². The second-order valence-corrected chi connectivity index (χ2v) is 7.54. The van der Waals surface area contributed by atoms with Crippen LogP contribution in [0.2, 0.25) is 0 Å². The summed E-state index contributed by atoms with van der Waals surface area (Å²) in [5, 5.41) is 8.64. The first-order valence-corrected chi connectivity index (χ1v) is 10.3.